The zero-order valence-corrected chi connectivity index (χ0v) is 13.5. The molecule has 22 heavy (non-hydrogen) atoms. The largest absolute Gasteiger partial charge is 0.374 e. The second-order valence-electron chi connectivity index (χ2n) is 5.56. The van der Waals surface area contributed by atoms with E-state index in [1.54, 1.807) is 0 Å². The van der Waals surface area contributed by atoms with E-state index in [0.717, 1.165) is 17.7 Å². The number of anilines is 1. The minimum absolute atomic E-state index is 0.0000684. The van der Waals surface area contributed by atoms with Gasteiger partial charge in [0, 0.05) is 5.69 Å². The van der Waals surface area contributed by atoms with E-state index in [9.17, 15) is 4.79 Å². The lowest BCUT2D eigenvalue weighted by Gasteiger charge is -2.19. The number of hydrogen-bond donors (Lipinski definition) is 2. The predicted octanol–water partition coefficient (Wildman–Crippen LogP) is 3.93. The smallest absolute Gasteiger partial charge is 0.242 e. The SMILES string of the molecule is CCc1cccc(N[C@H](C)C(=O)N[C@@H](C)c2ccccc2)c1. The molecule has 0 aromatic heterocycles. The Bertz CT molecular complexity index is 610. The first kappa shape index (κ1) is 16.1. The van der Waals surface area contributed by atoms with Crippen LogP contribution in [0.4, 0.5) is 5.69 Å². The van der Waals surface area contributed by atoms with Gasteiger partial charge in [0.1, 0.15) is 6.04 Å². The molecular weight excluding hydrogens is 272 g/mol. The summed E-state index contributed by atoms with van der Waals surface area (Å²) in [6.07, 6.45) is 0.987. The van der Waals surface area contributed by atoms with E-state index in [1.807, 2.05) is 56.3 Å². The molecule has 3 nitrogen and oxygen atoms in total. The summed E-state index contributed by atoms with van der Waals surface area (Å²) in [5.41, 5.74) is 3.35. The van der Waals surface area contributed by atoms with Crippen LogP contribution in [0.1, 0.15) is 37.9 Å². The molecule has 1 amide bonds. The molecule has 0 fully saturated rings. The van der Waals surface area contributed by atoms with E-state index in [0.29, 0.717) is 0 Å². The van der Waals surface area contributed by atoms with E-state index in [-0.39, 0.29) is 18.0 Å². The van der Waals surface area contributed by atoms with Crippen LogP contribution in [0.3, 0.4) is 0 Å². The van der Waals surface area contributed by atoms with Crippen molar-refractivity contribution in [1.82, 2.24) is 5.32 Å². The van der Waals surface area contributed by atoms with Crippen molar-refractivity contribution in [2.24, 2.45) is 0 Å². The van der Waals surface area contributed by atoms with Crippen molar-refractivity contribution in [2.75, 3.05) is 5.32 Å². The zero-order chi connectivity index (χ0) is 15.9. The minimum Gasteiger partial charge on any atom is -0.374 e. The predicted molar refractivity (Wildman–Crippen MR) is 91.9 cm³/mol. The first-order chi connectivity index (χ1) is 10.6. The summed E-state index contributed by atoms with van der Waals surface area (Å²) >= 11 is 0. The average Bonchev–Trinajstić information content (AvgIpc) is 2.55. The van der Waals surface area contributed by atoms with Crippen LogP contribution in [0.5, 0.6) is 0 Å². The first-order valence-electron chi connectivity index (χ1n) is 7.81. The molecule has 2 aromatic carbocycles. The number of carbonyl (C=O) groups excluding carboxylic acids is 1. The summed E-state index contributed by atoms with van der Waals surface area (Å²) < 4.78 is 0. The molecule has 0 aliphatic heterocycles. The molecule has 0 aliphatic carbocycles. The van der Waals surface area contributed by atoms with Gasteiger partial charge >= 0.3 is 0 Å². The number of hydrogen-bond acceptors (Lipinski definition) is 2. The fraction of sp³-hybridized carbons (Fsp3) is 0.316. The molecule has 0 bridgehead atoms. The monoisotopic (exact) mass is 296 g/mol. The molecule has 0 heterocycles. The van der Waals surface area contributed by atoms with Crippen LogP contribution in [0, 0.1) is 0 Å². The van der Waals surface area contributed by atoms with Crippen molar-refractivity contribution in [1.29, 1.82) is 0 Å². The van der Waals surface area contributed by atoms with Gasteiger partial charge < -0.3 is 10.6 Å². The maximum atomic E-state index is 12.3. The van der Waals surface area contributed by atoms with Gasteiger partial charge in [0.2, 0.25) is 5.91 Å². The average molecular weight is 296 g/mol. The Morgan fingerprint density at radius 2 is 1.77 bits per heavy atom. The molecule has 2 rings (SSSR count). The van der Waals surface area contributed by atoms with Crippen LogP contribution in [-0.2, 0) is 11.2 Å². The molecule has 0 aliphatic rings. The number of amides is 1. The van der Waals surface area contributed by atoms with Gasteiger partial charge in [-0.05, 0) is 43.5 Å². The molecule has 2 aromatic rings. The molecular formula is C19H24N2O. The van der Waals surface area contributed by atoms with E-state index < -0.39 is 0 Å². The van der Waals surface area contributed by atoms with Gasteiger partial charge in [-0.1, -0.05) is 49.4 Å². The van der Waals surface area contributed by atoms with Gasteiger partial charge in [-0.15, -0.1) is 0 Å². The number of rotatable bonds is 6. The maximum absolute atomic E-state index is 12.3. The number of benzene rings is 2. The highest BCUT2D eigenvalue weighted by Crippen LogP contribution is 2.14. The van der Waals surface area contributed by atoms with E-state index in [1.165, 1.54) is 5.56 Å². The molecule has 116 valence electrons. The van der Waals surface area contributed by atoms with Crippen molar-refractivity contribution in [2.45, 2.75) is 39.3 Å². The van der Waals surface area contributed by atoms with Gasteiger partial charge in [-0.2, -0.15) is 0 Å². The molecule has 0 radical (unpaired) electrons. The first-order valence-corrected chi connectivity index (χ1v) is 7.81. The van der Waals surface area contributed by atoms with E-state index >= 15 is 0 Å². The topological polar surface area (TPSA) is 41.1 Å². The van der Waals surface area contributed by atoms with E-state index in [2.05, 4.69) is 29.7 Å². The highest BCUT2D eigenvalue weighted by molar-refractivity contribution is 5.84. The molecule has 2 N–H and O–H groups in total. The number of carbonyl (C=O) groups is 1. The summed E-state index contributed by atoms with van der Waals surface area (Å²) in [6.45, 7) is 6.00. The Balaban J connectivity index is 1.94. The van der Waals surface area contributed by atoms with Crippen LogP contribution in [0.25, 0.3) is 0 Å². The molecule has 3 heteroatoms. The second-order valence-corrected chi connectivity index (χ2v) is 5.56. The third-order valence-corrected chi connectivity index (χ3v) is 3.77. The second kappa shape index (κ2) is 7.64. The van der Waals surface area contributed by atoms with Crippen molar-refractivity contribution >= 4 is 11.6 Å². The normalized spacial score (nSPS) is 13.2. The minimum atomic E-state index is -0.279. The lowest BCUT2D eigenvalue weighted by Crippen LogP contribution is -2.38. The van der Waals surface area contributed by atoms with Gasteiger partial charge in [-0.25, -0.2) is 0 Å². The molecule has 0 saturated heterocycles. The highest BCUT2D eigenvalue weighted by Gasteiger charge is 2.15. The number of nitrogens with one attached hydrogen (secondary N) is 2. The van der Waals surface area contributed by atoms with Crippen LogP contribution >= 0.6 is 0 Å². The third-order valence-electron chi connectivity index (χ3n) is 3.77. The van der Waals surface area contributed by atoms with Crippen molar-refractivity contribution in [3.8, 4) is 0 Å². The van der Waals surface area contributed by atoms with Crippen molar-refractivity contribution in [3.05, 3.63) is 65.7 Å². The molecule has 0 spiro atoms. The quantitative estimate of drug-likeness (QED) is 0.848. The van der Waals surface area contributed by atoms with Gasteiger partial charge in [0.05, 0.1) is 6.04 Å². The zero-order valence-electron chi connectivity index (χ0n) is 13.5. The van der Waals surface area contributed by atoms with Crippen LogP contribution in [0.15, 0.2) is 54.6 Å². The third kappa shape index (κ3) is 4.35. The summed E-state index contributed by atoms with van der Waals surface area (Å²) in [5, 5.41) is 6.30. The number of aryl methyl sites for hydroxylation is 1. The molecule has 0 saturated carbocycles. The fourth-order valence-corrected chi connectivity index (χ4v) is 2.36. The van der Waals surface area contributed by atoms with Crippen LogP contribution in [-0.4, -0.2) is 11.9 Å². The van der Waals surface area contributed by atoms with Crippen molar-refractivity contribution < 1.29 is 4.79 Å². The van der Waals surface area contributed by atoms with E-state index in [4.69, 9.17) is 0 Å². The molecule has 2 atom stereocenters. The summed E-state index contributed by atoms with van der Waals surface area (Å²) in [5.74, 6) is -0.00162. The standard InChI is InChI=1S/C19H24N2O/c1-4-16-9-8-12-18(13-16)20-15(3)19(22)21-14(2)17-10-6-5-7-11-17/h5-15,20H,4H2,1-3H3,(H,21,22)/t14-,15+/m0/s1. The van der Waals surface area contributed by atoms with Crippen molar-refractivity contribution in [3.63, 3.8) is 0 Å². The Morgan fingerprint density at radius 3 is 2.45 bits per heavy atom. The summed E-state index contributed by atoms with van der Waals surface area (Å²) in [4.78, 5) is 12.3. The lowest BCUT2D eigenvalue weighted by atomic mass is 10.1. The highest BCUT2D eigenvalue weighted by atomic mass is 16.2. The Hall–Kier alpha value is -2.29. The Kier molecular flexibility index (Phi) is 5.59. The van der Waals surface area contributed by atoms with Crippen LogP contribution < -0.4 is 10.6 Å². The van der Waals surface area contributed by atoms with Gasteiger partial charge in [0.25, 0.3) is 0 Å². The Morgan fingerprint density at radius 1 is 1.05 bits per heavy atom. The Labute approximate surface area is 132 Å². The fourth-order valence-electron chi connectivity index (χ4n) is 2.36. The summed E-state index contributed by atoms with van der Waals surface area (Å²) in [7, 11) is 0. The molecule has 0 unspecified atom stereocenters. The lowest BCUT2D eigenvalue weighted by molar-refractivity contribution is -0.122. The van der Waals surface area contributed by atoms with Crippen LogP contribution in [0.2, 0.25) is 0 Å². The summed E-state index contributed by atoms with van der Waals surface area (Å²) in [6, 6.07) is 17.9. The van der Waals surface area contributed by atoms with Gasteiger partial charge in [-0.3, -0.25) is 4.79 Å². The maximum Gasteiger partial charge on any atom is 0.242 e. The van der Waals surface area contributed by atoms with Gasteiger partial charge in [0.15, 0.2) is 0 Å².